The Kier molecular flexibility index (Phi) is 5.83. The van der Waals surface area contributed by atoms with Crippen LogP contribution in [0, 0.1) is 25.7 Å². The molecule has 1 heterocycles. The predicted octanol–water partition coefficient (Wildman–Crippen LogP) is 4.14. The fraction of sp³-hybridized carbons (Fsp3) is 0.182. The summed E-state index contributed by atoms with van der Waals surface area (Å²) in [4.78, 5) is 17.9. The molecule has 0 saturated heterocycles. The lowest BCUT2D eigenvalue weighted by Gasteiger charge is -2.03. The van der Waals surface area contributed by atoms with Crippen LogP contribution in [0.1, 0.15) is 21.0 Å². The van der Waals surface area contributed by atoms with E-state index in [0.29, 0.717) is 13.0 Å². The van der Waals surface area contributed by atoms with Crippen molar-refractivity contribution in [1.29, 1.82) is 0 Å². The smallest absolute Gasteiger partial charge is 0.226 e. The zero-order chi connectivity index (χ0) is 18.4. The van der Waals surface area contributed by atoms with Crippen molar-refractivity contribution in [2.75, 3.05) is 6.54 Å². The van der Waals surface area contributed by atoms with E-state index in [0.717, 1.165) is 26.7 Å². The van der Waals surface area contributed by atoms with Crippen molar-refractivity contribution >= 4 is 17.2 Å². The molecule has 1 aromatic heterocycles. The average molecular weight is 360 g/mol. The first-order chi connectivity index (χ1) is 12.6. The molecule has 4 heteroatoms. The summed E-state index contributed by atoms with van der Waals surface area (Å²) in [5, 5.41) is 3.83. The predicted molar refractivity (Wildman–Crippen MR) is 107 cm³/mol. The van der Waals surface area contributed by atoms with Gasteiger partial charge in [0.2, 0.25) is 5.91 Å². The van der Waals surface area contributed by atoms with Crippen molar-refractivity contribution in [2.24, 2.45) is 0 Å². The Morgan fingerprint density at radius 2 is 1.81 bits per heavy atom. The molecule has 26 heavy (non-hydrogen) atoms. The van der Waals surface area contributed by atoms with Gasteiger partial charge in [-0.1, -0.05) is 59.9 Å². The fourth-order valence-corrected chi connectivity index (χ4v) is 3.50. The highest BCUT2D eigenvalue weighted by molar-refractivity contribution is 7.12. The highest BCUT2D eigenvalue weighted by atomic mass is 32.1. The maximum Gasteiger partial charge on any atom is 0.226 e. The Bertz CT molecular complexity index is 947. The number of carbonyl (C=O) groups is 1. The average Bonchev–Trinajstić information content (AvgIpc) is 3.00. The van der Waals surface area contributed by atoms with Crippen LogP contribution in [0.4, 0.5) is 0 Å². The third kappa shape index (κ3) is 4.81. The molecule has 3 rings (SSSR count). The summed E-state index contributed by atoms with van der Waals surface area (Å²) in [7, 11) is 0. The van der Waals surface area contributed by atoms with E-state index in [4.69, 9.17) is 0 Å². The van der Waals surface area contributed by atoms with E-state index in [2.05, 4.69) is 53.3 Å². The van der Waals surface area contributed by atoms with Crippen LogP contribution in [-0.4, -0.2) is 17.4 Å². The van der Waals surface area contributed by atoms with Crippen molar-refractivity contribution in [3.8, 4) is 23.1 Å². The zero-order valence-electron chi connectivity index (χ0n) is 14.9. The molecule has 0 aliphatic carbocycles. The number of thiazole rings is 1. The molecule has 130 valence electrons. The first-order valence-electron chi connectivity index (χ1n) is 8.46. The number of hydrogen-bond donors (Lipinski definition) is 1. The number of benzene rings is 2. The maximum atomic E-state index is 12.3. The molecule has 0 radical (unpaired) electrons. The third-order valence-corrected chi connectivity index (χ3v) is 4.80. The van der Waals surface area contributed by atoms with Crippen molar-refractivity contribution < 1.29 is 4.79 Å². The fourth-order valence-electron chi connectivity index (χ4n) is 2.54. The summed E-state index contributed by atoms with van der Waals surface area (Å²) in [5.74, 6) is 5.98. The molecule has 1 amide bonds. The quantitative estimate of drug-likeness (QED) is 0.711. The van der Waals surface area contributed by atoms with Gasteiger partial charge in [0, 0.05) is 16.0 Å². The lowest BCUT2D eigenvalue weighted by Crippen LogP contribution is -2.25. The maximum absolute atomic E-state index is 12.3. The van der Waals surface area contributed by atoms with Gasteiger partial charge in [0.05, 0.1) is 23.7 Å². The monoisotopic (exact) mass is 360 g/mol. The Balaban J connectivity index is 1.63. The summed E-state index contributed by atoms with van der Waals surface area (Å²) in [6.45, 7) is 4.36. The van der Waals surface area contributed by atoms with Crippen LogP contribution in [0.25, 0.3) is 11.3 Å². The van der Waals surface area contributed by atoms with E-state index in [9.17, 15) is 4.79 Å². The lowest BCUT2D eigenvalue weighted by molar-refractivity contribution is -0.120. The van der Waals surface area contributed by atoms with Gasteiger partial charge in [-0.3, -0.25) is 4.79 Å². The van der Waals surface area contributed by atoms with E-state index in [1.807, 2.05) is 37.3 Å². The normalized spacial score (nSPS) is 10.1. The Morgan fingerprint density at radius 1 is 1.08 bits per heavy atom. The second-order valence-electron chi connectivity index (χ2n) is 5.99. The number of rotatable bonds is 4. The van der Waals surface area contributed by atoms with E-state index in [-0.39, 0.29) is 5.91 Å². The minimum atomic E-state index is -0.0376. The van der Waals surface area contributed by atoms with Gasteiger partial charge in [-0.05, 0) is 26.0 Å². The summed E-state index contributed by atoms with van der Waals surface area (Å²) in [6, 6.07) is 18.0. The molecule has 2 aromatic carbocycles. The van der Waals surface area contributed by atoms with Crippen molar-refractivity contribution in [2.45, 2.75) is 20.3 Å². The highest BCUT2D eigenvalue weighted by Crippen LogP contribution is 2.28. The van der Waals surface area contributed by atoms with Crippen molar-refractivity contribution in [3.05, 3.63) is 75.6 Å². The van der Waals surface area contributed by atoms with Gasteiger partial charge in [0.15, 0.2) is 0 Å². The number of carbonyl (C=O) groups excluding carboxylic acids is 1. The largest absolute Gasteiger partial charge is 0.345 e. The molecular weight excluding hydrogens is 340 g/mol. The van der Waals surface area contributed by atoms with Crippen LogP contribution in [0.2, 0.25) is 0 Å². The summed E-state index contributed by atoms with van der Waals surface area (Å²) in [5.41, 5.74) is 4.10. The minimum absolute atomic E-state index is 0.0376. The molecule has 3 aromatic rings. The minimum Gasteiger partial charge on any atom is -0.345 e. The molecule has 0 atom stereocenters. The van der Waals surface area contributed by atoms with Gasteiger partial charge in [0.1, 0.15) is 0 Å². The number of nitrogens with zero attached hydrogens (tertiary/aromatic N) is 1. The van der Waals surface area contributed by atoms with Gasteiger partial charge in [0.25, 0.3) is 0 Å². The summed E-state index contributed by atoms with van der Waals surface area (Å²) >= 11 is 1.57. The Labute approximate surface area is 158 Å². The molecule has 1 N–H and O–H groups in total. The molecule has 0 saturated carbocycles. The summed E-state index contributed by atoms with van der Waals surface area (Å²) < 4.78 is 0. The number of aromatic nitrogens is 1. The summed E-state index contributed by atoms with van der Waals surface area (Å²) in [6.07, 6.45) is 0.321. The van der Waals surface area contributed by atoms with Crippen LogP contribution in [0.3, 0.4) is 0 Å². The Hall–Kier alpha value is -2.90. The first kappa shape index (κ1) is 17.9. The molecule has 0 fully saturated rings. The molecule has 0 aliphatic rings. The Morgan fingerprint density at radius 3 is 2.54 bits per heavy atom. The van der Waals surface area contributed by atoms with Crippen LogP contribution in [0.15, 0.2) is 54.6 Å². The molecule has 0 spiro atoms. The number of amides is 1. The first-order valence-corrected chi connectivity index (χ1v) is 9.27. The van der Waals surface area contributed by atoms with Crippen LogP contribution >= 0.6 is 11.3 Å². The highest BCUT2D eigenvalue weighted by Gasteiger charge is 2.14. The third-order valence-electron chi connectivity index (χ3n) is 3.83. The van der Waals surface area contributed by atoms with Crippen LogP contribution < -0.4 is 5.32 Å². The second-order valence-corrected chi connectivity index (χ2v) is 7.28. The molecule has 0 aliphatic heterocycles. The van der Waals surface area contributed by atoms with Gasteiger partial charge < -0.3 is 5.32 Å². The van der Waals surface area contributed by atoms with Crippen LogP contribution in [-0.2, 0) is 11.2 Å². The van der Waals surface area contributed by atoms with E-state index in [1.54, 1.807) is 11.3 Å². The van der Waals surface area contributed by atoms with Crippen molar-refractivity contribution in [1.82, 2.24) is 10.3 Å². The van der Waals surface area contributed by atoms with E-state index < -0.39 is 0 Å². The van der Waals surface area contributed by atoms with Crippen molar-refractivity contribution in [3.63, 3.8) is 0 Å². The van der Waals surface area contributed by atoms with Gasteiger partial charge >= 0.3 is 0 Å². The molecule has 0 bridgehead atoms. The molecular formula is C22H20N2OS. The van der Waals surface area contributed by atoms with Gasteiger partial charge in [-0.2, -0.15) is 0 Å². The van der Waals surface area contributed by atoms with Gasteiger partial charge in [-0.15, -0.1) is 11.3 Å². The molecule has 0 unspecified atom stereocenters. The van der Waals surface area contributed by atoms with Gasteiger partial charge in [-0.25, -0.2) is 4.98 Å². The lowest BCUT2D eigenvalue weighted by atomic mass is 10.1. The zero-order valence-corrected chi connectivity index (χ0v) is 15.7. The molecule has 3 nitrogen and oxygen atoms in total. The number of hydrogen-bond acceptors (Lipinski definition) is 3. The standard InChI is InChI=1S/C22H20N2OS/c1-16-10-12-19(13-11-16)22-20(26-17(2)24-22)15-21(25)23-14-6-9-18-7-4-3-5-8-18/h3-5,7-8,10-13H,14-15H2,1-2H3,(H,23,25). The number of nitrogens with one attached hydrogen (secondary N) is 1. The van der Waals surface area contributed by atoms with Crippen LogP contribution in [0.5, 0.6) is 0 Å². The van der Waals surface area contributed by atoms with E-state index in [1.165, 1.54) is 5.56 Å². The SMILES string of the molecule is Cc1ccc(-c2nc(C)sc2CC(=O)NCC#Cc2ccccc2)cc1. The number of aryl methyl sites for hydroxylation is 2. The second kappa shape index (κ2) is 8.46. The van der Waals surface area contributed by atoms with E-state index >= 15 is 0 Å². The topological polar surface area (TPSA) is 42.0 Å².